The molecular weight excluding hydrogens is 160 g/mol. The molecule has 68 valence electrons. The van der Waals surface area contributed by atoms with Crippen LogP contribution in [0.3, 0.4) is 0 Å². The third-order valence-electron chi connectivity index (χ3n) is 2.56. The summed E-state index contributed by atoms with van der Waals surface area (Å²) in [6.07, 6.45) is 0.827. The third-order valence-corrected chi connectivity index (χ3v) is 2.56. The van der Waals surface area contributed by atoms with Crippen molar-refractivity contribution in [2.75, 3.05) is 0 Å². The minimum Gasteiger partial charge on any atom is -0.352 e. The van der Waals surface area contributed by atoms with Crippen molar-refractivity contribution in [2.45, 2.75) is 26.4 Å². The van der Waals surface area contributed by atoms with E-state index in [0.29, 0.717) is 0 Å². The fraction of sp³-hybridized carbons (Fsp3) is 0.364. The lowest BCUT2D eigenvalue weighted by Gasteiger charge is -2.16. The molecule has 0 fully saturated rings. The molecule has 0 saturated heterocycles. The van der Waals surface area contributed by atoms with E-state index in [-0.39, 0.29) is 0 Å². The summed E-state index contributed by atoms with van der Waals surface area (Å²) in [5.41, 5.74) is 2.75. The Labute approximate surface area is 78.7 Å². The van der Waals surface area contributed by atoms with E-state index in [4.69, 9.17) is 5.41 Å². The van der Waals surface area contributed by atoms with Crippen LogP contribution >= 0.6 is 0 Å². The van der Waals surface area contributed by atoms with Crippen LogP contribution in [0, 0.1) is 5.41 Å². The monoisotopic (exact) mass is 174 g/mol. The summed E-state index contributed by atoms with van der Waals surface area (Å²) in [5.74, 6) is 0.746. The Balaban J connectivity index is 2.18. The van der Waals surface area contributed by atoms with Gasteiger partial charge in [0.15, 0.2) is 0 Å². The second-order valence-corrected chi connectivity index (χ2v) is 3.43. The van der Waals surface area contributed by atoms with Crippen molar-refractivity contribution < 1.29 is 0 Å². The molecule has 1 aliphatic heterocycles. The van der Waals surface area contributed by atoms with Crippen LogP contribution in [0.1, 0.15) is 24.5 Å². The lowest BCUT2D eigenvalue weighted by molar-refractivity contribution is 0.435. The summed E-state index contributed by atoms with van der Waals surface area (Å²) in [7, 11) is 0. The molecular formula is C11H14N2. The third kappa shape index (κ3) is 1.44. The minimum atomic E-state index is 0.746. The van der Waals surface area contributed by atoms with Gasteiger partial charge in [-0.05, 0) is 11.1 Å². The minimum absolute atomic E-state index is 0.746. The zero-order valence-corrected chi connectivity index (χ0v) is 7.88. The highest BCUT2D eigenvalue weighted by atomic mass is 15.2. The number of nitrogens with one attached hydrogen (secondary N) is 1. The Morgan fingerprint density at radius 1 is 1.31 bits per heavy atom. The van der Waals surface area contributed by atoms with E-state index >= 15 is 0 Å². The Kier molecular flexibility index (Phi) is 2.05. The van der Waals surface area contributed by atoms with Crippen molar-refractivity contribution in [3.63, 3.8) is 0 Å². The summed E-state index contributed by atoms with van der Waals surface area (Å²) in [6.45, 7) is 3.87. The first-order valence-electron chi connectivity index (χ1n) is 4.70. The highest BCUT2D eigenvalue weighted by Crippen LogP contribution is 2.22. The fourth-order valence-electron chi connectivity index (χ4n) is 1.75. The van der Waals surface area contributed by atoms with Gasteiger partial charge in [0, 0.05) is 19.5 Å². The molecule has 1 aromatic rings. The van der Waals surface area contributed by atoms with Crippen molar-refractivity contribution in [3.8, 4) is 0 Å². The molecule has 1 heterocycles. The van der Waals surface area contributed by atoms with Crippen molar-refractivity contribution in [1.82, 2.24) is 4.90 Å². The molecule has 0 unspecified atom stereocenters. The summed E-state index contributed by atoms with van der Waals surface area (Å²) in [6, 6.07) is 8.44. The van der Waals surface area contributed by atoms with Gasteiger partial charge in [-0.3, -0.25) is 5.41 Å². The van der Waals surface area contributed by atoms with Crippen LogP contribution in [0.15, 0.2) is 24.3 Å². The molecule has 0 bridgehead atoms. The summed E-state index contributed by atoms with van der Waals surface area (Å²) >= 11 is 0. The first-order chi connectivity index (χ1) is 6.31. The van der Waals surface area contributed by atoms with E-state index in [1.54, 1.807) is 0 Å². The highest BCUT2D eigenvalue weighted by Gasteiger charge is 2.18. The van der Waals surface area contributed by atoms with Gasteiger partial charge in [0.1, 0.15) is 0 Å². The van der Waals surface area contributed by atoms with Crippen LogP contribution in [-0.4, -0.2) is 10.7 Å². The van der Waals surface area contributed by atoms with Gasteiger partial charge in [-0.25, -0.2) is 0 Å². The zero-order chi connectivity index (χ0) is 9.26. The van der Waals surface area contributed by atoms with Gasteiger partial charge in [0.25, 0.3) is 0 Å². The summed E-state index contributed by atoms with van der Waals surface area (Å²) < 4.78 is 0. The molecule has 0 radical (unpaired) electrons. The Morgan fingerprint density at radius 3 is 2.31 bits per heavy atom. The smallest absolute Gasteiger partial charge is 0.0960 e. The molecule has 1 aliphatic rings. The molecule has 2 nitrogen and oxygen atoms in total. The van der Waals surface area contributed by atoms with Crippen LogP contribution in [0.5, 0.6) is 0 Å². The lowest BCUT2D eigenvalue weighted by atomic mass is 10.1. The topological polar surface area (TPSA) is 27.1 Å². The maximum Gasteiger partial charge on any atom is 0.0960 e. The molecule has 0 aromatic heterocycles. The van der Waals surface area contributed by atoms with Gasteiger partial charge in [0.05, 0.1) is 5.84 Å². The predicted molar refractivity (Wildman–Crippen MR) is 53.7 cm³/mol. The molecule has 0 saturated carbocycles. The molecule has 2 rings (SSSR count). The molecule has 13 heavy (non-hydrogen) atoms. The molecule has 1 N–H and O–H groups in total. The van der Waals surface area contributed by atoms with E-state index < -0.39 is 0 Å². The van der Waals surface area contributed by atoms with Gasteiger partial charge in [-0.2, -0.15) is 0 Å². The second-order valence-electron chi connectivity index (χ2n) is 3.43. The van der Waals surface area contributed by atoms with Gasteiger partial charge < -0.3 is 4.90 Å². The second kappa shape index (κ2) is 3.21. The number of nitrogens with zero attached hydrogens (tertiary/aromatic N) is 1. The average molecular weight is 174 g/mol. The van der Waals surface area contributed by atoms with E-state index in [0.717, 1.165) is 25.3 Å². The quantitative estimate of drug-likeness (QED) is 0.513. The average Bonchev–Trinajstić information content (AvgIpc) is 2.59. The summed E-state index contributed by atoms with van der Waals surface area (Å²) in [4.78, 5) is 2.13. The van der Waals surface area contributed by atoms with Gasteiger partial charge in [0.2, 0.25) is 0 Å². The number of amidine groups is 1. The van der Waals surface area contributed by atoms with Crippen LogP contribution in [0.25, 0.3) is 0 Å². The number of hydrogen-bond donors (Lipinski definition) is 1. The van der Waals surface area contributed by atoms with Crippen molar-refractivity contribution in [1.29, 1.82) is 5.41 Å². The predicted octanol–water partition coefficient (Wildman–Crippen LogP) is 2.39. The SMILES string of the molecule is CCC(=N)N1Cc2ccccc2C1. The van der Waals surface area contributed by atoms with Gasteiger partial charge >= 0.3 is 0 Å². The lowest BCUT2D eigenvalue weighted by Crippen LogP contribution is -2.23. The maximum atomic E-state index is 7.74. The Hall–Kier alpha value is -1.31. The maximum absolute atomic E-state index is 7.74. The highest BCUT2D eigenvalue weighted by molar-refractivity contribution is 5.79. The normalized spacial score (nSPS) is 14.4. The molecule has 0 amide bonds. The van der Waals surface area contributed by atoms with Gasteiger partial charge in [-0.1, -0.05) is 31.2 Å². The van der Waals surface area contributed by atoms with Crippen LogP contribution in [0.2, 0.25) is 0 Å². The summed E-state index contributed by atoms with van der Waals surface area (Å²) in [5, 5.41) is 7.74. The molecule has 2 heteroatoms. The molecule has 1 aromatic carbocycles. The van der Waals surface area contributed by atoms with Crippen molar-refractivity contribution in [3.05, 3.63) is 35.4 Å². The van der Waals surface area contributed by atoms with Crippen LogP contribution < -0.4 is 0 Å². The largest absolute Gasteiger partial charge is 0.352 e. The number of benzene rings is 1. The zero-order valence-electron chi connectivity index (χ0n) is 7.88. The molecule has 0 aliphatic carbocycles. The van der Waals surface area contributed by atoms with Crippen molar-refractivity contribution >= 4 is 5.84 Å². The van der Waals surface area contributed by atoms with Crippen LogP contribution in [-0.2, 0) is 13.1 Å². The van der Waals surface area contributed by atoms with E-state index in [2.05, 4.69) is 29.2 Å². The fourth-order valence-corrected chi connectivity index (χ4v) is 1.75. The Morgan fingerprint density at radius 2 is 1.85 bits per heavy atom. The van der Waals surface area contributed by atoms with Crippen LogP contribution in [0.4, 0.5) is 0 Å². The number of rotatable bonds is 1. The first-order valence-corrected chi connectivity index (χ1v) is 4.70. The van der Waals surface area contributed by atoms with E-state index in [1.165, 1.54) is 11.1 Å². The van der Waals surface area contributed by atoms with E-state index in [9.17, 15) is 0 Å². The standard InChI is InChI=1S/C11H14N2/c1-2-11(12)13-7-9-5-3-4-6-10(9)8-13/h3-6,12H,2,7-8H2,1H3. The molecule has 0 spiro atoms. The van der Waals surface area contributed by atoms with E-state index in [1.807, 2.05) is 6.92 Å². The Bertz CT molecular complexity index is 306. The number of fused-ring (bicyclic) bond motifs is 1. The number of hydrogen-bond acceptors (Lipinski definition) is 1. The van der Waals surface area contributed by atoms with Crippen molar-refractivity contribution in [2.24, 2.45) is 0 Å². The molecule has 0 atom stereocenters. The van der Waals surface area contributed by atoms with Gasteiger partial charge in [-0.15, -0.1) is 0 Å². The first kappa shape index (κ1) is 8.30.